The maximum Gasteiger partial charge on any atom is 0.341 e. The molecule has 0 amide bonds. The number of aryl methyl sites for hydroxylation is 1. The fourth-order valence-corrected chi connectivity index (χ4v) is 1.25. The van der Waals surface area contributed by atoms with Crippen LogP contribution in [-0.4, -0.2) is 27.8 Å². The van der Waals surface area contributed by atoms with Crippen molar-refractivity contribution in [2.24, 2.45) is 12.8 Å². The normalized spacial score (nSPS) is 9.86. The molecule has 0 aliphatic carbocycles. The summed E-state index contributed by atoms with van der Waals surface area (Å²) in [6, 6.07) is 0. The lowest BCUT2D eigenvalue weighted by Crippen LogP contribution is -2.16. The number of carbonyl (C=O) groups is 1. The third-order valence-corrected chi connectivity index (χ3v) is 1.95. The van der Waals surface area contributed by atoms with Gasteiger partial charge in [0.05, 0.1) is 24.0 Å². The average Bonchev–Trinajstić information content (AvgIpc) is 2.46. The molecule has 0 saturated carbocycles. The SMILES string of the molecule is COC(=O)c1cnn(C)c1CC(N)=S. The van der Waals surface area contributed by atoms with Gasteiger partial charge in [0.1, 0.15) is 5.56 Å². The molecule has 1 aromatic heterocycles. The second-order valence-electron chi connectivity index (χ2n) is 2.76. The molecular formula is C8H11N3O2S. The standard InChI is InChI=1S/C8H11N3O2S/c1-11-6(3-7(9)14)5(4-10-11)8(12)13-2/h4H,3H2,1-2H3,(H2,9,14). The van der Waals surface area contributed by atoms with Crippen LogP contribution in [-0.2, 0) is 18.2 Å². The lowest BCUT2D eigenvalue weighted by Gasteiger charge is -2.03. The number of hydrogen-bond donors (Lipinski definition) is 1. The van der Waals surface area contributed by atoms with E-state index >= 15 is 0 Å². The lowest BCUT2D eigenvalue weighted by molar-refractivity contribution is 0.0599. The summed E-state index contributed by atoms with van der Waals surface area (Å²) in [5, 5.41) is 3.94. The van der Waals surface area contributed by atoms with E-state index in [4.69, 9.17) is 18.0 Å². The highest BCUT2D eigenvalue weighted by Crippen LogP contribution is 2.09. The van der Waals surface area contributed by atoms with Crippen LogP contribution in [0.5, 0.6) is 0 Å². The minimum Gasteiger partial charge on any atom is -0.465 e. The van der Waals surface area contributed by atoms with E-state index in [1.807, 2.05) is 0 Å². The predicted molar refractivity (Wildman–Crippen MR) is 55.0 cm³/mol. The Balaban J connectivity index is 3.05. The summed E-state index contributed by atoms with van der Waals surface area (Å²) in [4.78, 5) is 11.6. The van der Waals surface area contributed by atoms with Gasteiger partial charge in [0.2, 0.25) is 0 Å². The summed E-state index contributed by atoms with van der Waals surface area (Å²) < 4.78 is 6.16. The van der Waals surface area contributed by atoms with E-state index in [-0.39, 0.29) is 0 Å². The van der Waals surface area contributed by atoms with Gasteiger partial charge in [0.25, 0.3) is 0 Å². The summed E-state index contributed by atoms with van der Waals surface area (Å²) >= 11 is 4.77. The Kier molecular flexibility index (Phi) is 3.19. The molecule has 0 atom stereocenters. The zero-order valence-corrected chi connectivity index (χ0v) is 8.80. The van der Waals surface area contributed by atoms with Gasteiger partial charge >= 0.3 is 5.97 Å². The van der Waals surface area contributed by atoms with Crippen molar-refractivity contribution in [3.05, 3.63) is 17.5 Å². The number of nitrogens with zero attached hydrogens (tertiary/aromatic N) is 2. The molecule has 76 valence electrons. The Bertz CT molecular complexity index is 373. The first-order chi connectivity index (χ1) is 6.56. The molecule has 1 rings (SSSR count). The van der Waals surface area contributed by atoms with Crippen LogP contribution in [0.25, 0.3) is 0 Å². The Labute approximate surface area is 86.8 Å². The van der Waals surface area contributed by atoms with Gasteiger partial charge in [-0.15, -0.1) is 0 Å². The molecule has 0 saturated heterocycles. The zero-order valence-electron chi connectivity index (χ0n) is 7.98. The first-order valence-corrected chi connectivity index (χ1v) is 4.34. The van der Waals surface area contributed by atoms with Crippen LogP contribution < -0.4 is 5.73 Å². The molecule has 1 heterocycles. The van der Waals surface area contributed by atoms with Gasteiger partial charge < -0.3 is 10.5 Å². The molecule has 1 aromatic rings. The molecule has 0 aliphatic rings. The summed E-state index contributed by atoms with van der Waals surface area (Å²) in [6.07, 6.45) is 1.79. The van der Waals surface area contributed by atoms with Crippen LogP contribution in [0.15, 0.2) is 6.20 Å². The molecule has 5 nitrogen and oxygen atoms in total. The molecule has 0 unspecified atom stereocenters. The van der Waals surface area contributed by atoms with Crippen molar-refractivity contribution in [3.63, 3.8) is 0 Å². The number of nitrogens with two attached hydrogens (primary N) is 1. The van der Waals surface area contributed by atoms with Crippen LogP contribution in [0.3, 0.4) is 0 Å². The van der Waals surface area contributed by atoms with Crippen molar-refractivity contribution in [3.8, 4) is 0 Å². The minimum atomic E-state index is -0.427. The van der Waals surface area contributed by atoms with Crippen molar-refractivity contribution < 1.29 is 9.53 Å². The van der Waals surface area contributed by atoms with Crippen LogP contribution in [0.2, 0.25) is 0 Å². The molecule has 2 N–H and O–H groups in total. The molecule has 0 bridgehead atoms. The van der Waals surface area contributed by atoms with E-state index in [0.29, 0.717) is 22.7 Å². The Hall–Kier alpha value is -1.43. The largest absolute Gasteiger partial charge is 0.465 e. The highest BCUT2D eigenvalue weighted by molar-refractivity contribution is 7.80. The number of aromatic nitrogens is 2. The van der Waals surface area contributed by atoms with Gasteiger partial charge in [-0.25, -0.2) is 4.79 Å². The van der Waals surface area contributed by atoms with Crippen LogP contribution in [0.4, 0.5) is 0 Å². The molecule has 0 fully saturated rings. The highest BCUT2D eigenvalue weighted by atomic mass is 32.1. The quantitative estimate of drug-likeness (QED) is 0.567. The summed E-state index contributed by atoms with van der Waals surface area (Å²) in [5.74, 6) is -0.427. The number of thiocarbonyl (C=S) groups is 1. The number of rotatable bonds is 3. The van der Waals surface area contributed by atoms with Gasteiger partial charge in [-0.05, 0) is 0 Å². The topological polar surface area (TPSA) is 70.1 Å². The van der Waals surface area contributed by atoms with Crippen LogP contribution in [0.1, 0.15) is 16.1 Å². The van der Waals surface area contributed by atoms with Gasteiger partial charge in [0, 0.05) is 13.5 Å². The maximum absolute atomic E-state index is 11.3. The Morgan fingerprint density at radius 2 is 2.43 bits per heavy atom. The molecule has 0 spiro atoms. The molecule has 6 heteroatoms. The zero-order chi connectivity index (χ0) is 10.7. The number of carbonyl (C=O) groups excluding carboxylic acids is 1. The third kappa shape index (κ3) is 2.08. The maximum atomic E-state index is 11.3. The monoisotopic (exact) mass is 213 g/mol. The van der Waals surface area contributed by atoms with Gasteiger partial charge in [-0.3, -0.25) is 4.68 Å². The van der Waals surface area contributed by atoms with E-state index in [1.54, 1.807) is 11.7 Å². The first kappa shape index (κ1) is 10.6. The fraction of sp³-hybridized carbons (Fsp3) is 0.375. The van der Waals surface area contributed by atoms with E-state index in [9.17, 15) is 4.79 Å². The van der Waals surface area contributed by atoms with Gasteiger partial charge in [-0.2, -0.15) is 5.10 Å². The van der Waals surface area contributed by atoms with E-state index < -0.39 is 5.97 Å². The highest BCUT2D eigenvalue weighted by Gasteiger charge is 2.16. The minimum absolute atomic E-state index is 0.318. The Morgan fingerprint density at radius 3 is 2.93 bits per heavy atom. The van der Waals surface area contributed by atoms with Crippen molar-refractivity contribution in [1.82, 2.24) is 9.78 Å². The second-order valence-corrected chi connectivity index (χ2v) is 3.29. The first-order valence-electron chi connectivity index (χ1n) is 3.93. The average molecular weight is 213 g/mol. The molecule has 0 aliphatic heterocycles. The van der Waals surface area contributed by atoms with Crippen molar-refractivity contribution >= 4 is 23.2 Å². The van der Waals surface area contributed by atoms with Crippen molar-refractivity contribution in [2.75, 3.05) is 7.11 Å². The second kappa shape index (κ2) is 4.19. The number of hydrogen-bond acceptors (Lipinski definition) is 4. The molecule has 0 aromatic carbocycles. The molecular weight excluding hydrogens is 202 g/mol. The Morgan fingerprint density at radius 1 is 1.79 bits per heavy atom. The molecule has 0 radical (unpaired) electrons. The van der Waals surface area contributed by atoms with Crippen molar-refractivity contribution in [2.45, 2.75) is 6.42 Å². The number of ether oxygens (including phenoxy) is 1. The smallest absolute Gasteiger partial charge is 0.341 e. The summed E-state index contributed by atoms with van der Waals surface area (Å²) in [7, 11) is 3.04. The van der Waals surface area contributed by atoms with Gasteiger partial charge in [0.15, 0.2) is 0 Å². The summed E-state index contributed by atoms with van der Waals surface area (Å²) in [5.41, 5.74) is 6.48. The summed E-state index contributed by atoms with van der Waals surface area (Å²) in [6.45, 7) is 0. The predicted octanol–water partition coefficient (Wildman–Crippen LogP) is 0.0353. The van der Waals surface area contributed by atoms with E-state index in [1.165, 1.54) is 13.3 Å². The van der Waals surface area contributed by atoms with Crippen LogP contribution >= 0.6 is 12.2 Å². The number of methoxy groups -OCH3 is 1. The lowest BCUT2D eigenvalue weighted by atomic mass is 10.2. The fourth-order valence-electron chi connectivity index (χ4n) is 1.12. The third-order valence-electron chi connectivity index (χ3n) is 1.81. The van der Waals surface area contributed by atoms with Crippen LogP contribution in [0, 0.1) is 0 Å². The number of esters is 1. The van der Waals surface area contributed by atoms with Crippen molar-refractivity contribution in [1.29, 1.82) is 0 Å². The molecule has 14 heavy (non-hydrogen) atoms. The van der Waals surface area contributed by atoms with E-state index in [2.05, 4.69) is 9.84 Å². The van der Waals surface area contributed by atoms with Gasteiger partial charge in [-0.1, -0.05) is 12.2 Å². The van der Waals surface area contributed by atoms with E-state index in [0.717, 1.165) is 0 Å².